The number of hydrogen-bond acceptors (Lipinski definition) is 2. The SMILES string of the molecule is CC1CCN(S(=O)(=O)NCC(c2ccccc2)c2c[nH]c3ccccc23)CC1. The first-order valence-electron chi connectivity index (χ1n) is 9.90. The molecule has 0 amide bonds. The van der Waals surface area contributed by atoms with E-state index in [-0.39, 0.29) is 5.92 Å². The molecule has 148 valence electrons. The van der Waals surface area contributed by atoms with Crippen molar-refractivity contribution in [2.45, 2.75) is 25.7 Å². The Bertz CT molecular complexity index is 1020. The predicted molar refractivity (Wildman–Crippen MR) is 113 cm³/mol. The van der Waals surface area contributed by atoms with Gasteiger partial charge in [-0.05, 0) is 36.0 Å². The monoisotopic (exact) mass is 397 g/mol. The van der Waals surface area contributed by atoms with E-state index in [0.717, 1.165) is 34.9 Å². The molecule has 28 heavy (non-hydrogen) atoms. The van der Waals surface area contributed by atoms with Crippen molar-refractivity contribution in [2.75, 3.05) is 19.6 Å². The minimum atomic E-state index is -3.48. The molecule has 5 nitrogen and oxygen atoms in total. The van der Waals surface area contributed by atoms with Crippen LogP contribution in [0.15, 0.2) is 60.8 Å². The van der Waals surface area contributed by atoms with Crippen LogP contribution in [-0.2, 0) is 10.2 Å². The first-order chi connectivity index (χ1) is 13.5. The van der Waals surface area contributed by atoms with E-state index in [0.29, 0.717) is 25.6 Å². The number of aromatic nitrogens is 1. The zero-order chi connectivity index (χ0) is 19.6. The summed E-state index contributed by atoms with van der Waals surface area (Å²) in [6.45, 7) is 3.71. The van der Waals surface area contributed by atoms with E-state index < -0.39 is 10.2 Å². The lowest BCUT2D eigenvalue weighted by molar-refractivity contribution is 0.285. The van der Waals surface area contributed by atoms with E-state index >= 15 is 0 Å². The lowest BCUT2D eigenvalue weighted by atomic mass is 9.91. The fourth-order valence-corrected chi connectivity index (χ4v) is 5.23. The zero-order valence-electron chi connectivity index (χ0n) is 16.1. The van der Waals surface area contributed by atoms with Gasteiger partial charge in [0.2, 0.25) is 0 Å². The Labute approximate surface area is 166 Å². The highest BCUT2D eigenvalue weighted by Crippen LogP contribution is 2.30. The van der Waals surface area contributed by atoms with Gasteiger partial charge in [0.15, 0.2) is 0 Å². The molecule has 6 heteroatoms. The second-order valence-corrected chi connectivity index (χ2v) is 9.44. The maximum absolute atomic E-state index is 12.9. The van der Waals surface area contributed by atoms with Crippen LogP contribution in [0.4, 0.5) is 0 Å². The summed E-state index contributed by atoms with van der Waals surface area (Å²) >= 11 is 0. The largest absolute Gasteiger partial charge is 0.361 e. The van der Waals surface area contributed by atoms with Crippen molar-refractivity contribution in [3.05, 3.63) is 71.9 Å². The Morgan fingerprint density at radius 2 is 1.75 bits per heavy atom. The molecule has 0 radical (unpaired) electrons. The molecule has 1 unspecified atom stereocenters. The van der Waals surface area contributed by atoms with E-state index in [4.69, 9.17) is 0 Å². The quantitative estimate of drug-likeness (QED) is 0.663. The molecule has 2 aromatic carbocycles. The maximum atomic E-state index is 12.9. The van der Waals surface area contributed by atoms with Gasteiger partial charge in [-0.3, -0.25) is 0 Å². The Morgan fingerprint density at radius 1 is 1.07 bits per heavy atom. The molecule has 1 aromatic heterocycles. The second kappa shape index (κ2) is 8.07. The highest BCUT2D eigenvalue weighted by atomic mass is 32.2. The number of benzene rings is 2. The number of hydrogen-bond donors (Lipinski definition) is 2. The van der Waals surface area contributed by atoms with E-state index in [1.54, 1.807) is 4.31 Å². The zero-order valence-corrected chi connectivity index (χ0v) is 17.0. The average Bonchev–Trinajstić information content (AvgIpc) is 3.13. The van der Waals surface area contributed by atoms with Gasteiger partial charge >= 0.3 is 0 Å². The summed E-state index contributed by atoms with van der Waals surface area (Å²) in [4.78, 5) is 3.32. The lowest BCUT2D eigenvalue weighted by Crippen LogP contribution is -2.45. The molecule has 1 fully saturated rings. The van der Waals surface area contributed by atoms with Gasteiger partial charge in [0.05, 0.1) is 0 Å². The van der Waals surface area contributed by atoms with Crippen molar-refractivity contribution in [1.29, 1.82) is 0 Å². The Hall–Kier alpha value is -2.15. The standard InChI is InChI=1S/C22H27N3O2S/c1-17-11-13-25(14-12-17)28(26,27)24-16-20(18-7-3-2-4-8-18)21-15-23-22-10-6-5-9-19(21)22/h2-10,15,17,20,23-24H,11-14,16H2,1H3. The smallest absolute Gasteiger partial charge is 0.279 e. The first-order valence-corrected chi connectivity index (χ1v) is 11.3. The molecule has 3 aromatic rings. The van der Waals surface area contributed by atoms with Gasteiger partial charge in [-0.15, -0.1) is 0 Å². The topological polar surface area (TPSA) is 65.2 Å². The molecule has 1 aliphatic heterocycles. The molecule has 1 aliphatic rings. The molecule has 2 N–H and O–H groups in total. The molecule has 0 aliphatic carbocycles. The number of fused-ring (bicyclic) bond motifs is 1. The van der Waals surface area contributed by atoms with E-state index in [2.05, 4.69) is 34.8 Å². The molecular formula is C22H27N3O2S. The molecule has 1 saturated heterocycles. The summed E-state index contributed by atoms with van der Waals surface area (Å²) < 4.78 is 30.2. The number of rotatable bonds is 6. The summed E-state index contributed by atoms with van der Waals surface area (Å²) in [5.74, 6) is 0.533. The van der Waals surface area contributed by atoms with Gasteiger partial charge in [-0.1, -0.05) is 55.5 Å². The number of nitrogens with one attached hydrogen (secondary N) is 2. The number of piperidine rings is 1. The molecule has 0 spiro atoms. The Kier molecular flexibility index (Phi) is 5.53. The number of para-hydroxylation sites is 1. The Balaban J connectivity index is 1.60. The number of nitrogens with zero attached hydrogens (tertiary/aromatic N) is 1. The summed E-state index contributed by atoms with van der Waals surface area (Å²) in [5, 5.41) is 1.13. The van der Waals surface area contributed by atoms with Crippen LogP contribution in [0.2, 0.25) is 0 Å². The second-order valence-electron chi connectivity index (χ2n) is 7.69. The predicted octanol–water partition coefficient (Wildman–Crippen LogP) is 3.87. The van der Waals surface area contributed by atoms with Crippen molar-refractivity contribution in [3.63, 3.8) is 0 Å². The van der Waals surface area contributed by atoms with Crippen LogP contribution in [-0.4, -0.2) is 37.3 Å². The van der Waals surface area contributed by atoms with Gasteiger partial charge < -0.3 is 4.98 Å². The molecule has 1 atom stereocenters. The van der Waals surface area contributed by atoms with Gasteiger partial charge in [-0.2, -0.15) is 12.7 Å². The van der Waals surface area contributed by atoms with Crippen LogP contribution in [0.25, 0.3) is 10.9 Å². The summed E-state index contributed by atoms with van der Waals surface area (Å²) in [7, 11) is -3.48. The van der Waals surface area contributed by atoms with Crippen molar-refractivity contribution < 1.29 is 8.42 Å². The highest BCUT2D eigenvalue weighted by Gasteiger charge is 2.28. The van der Waals surface area contributed by atoms with Crippen LogP contribution in [0.5, 0.6) is 0 Å². The summed E-state index contributed by atoms with van der Waals surface area (Å²) in [6.07, 6.45) is 3.84. The van der Waals surface area contributed by atoms with Gasteiger partial charge in [-0.25, -0.2) is 4.72 Å². The minimum Gasteiger partial charge on any atom is -0.361 e. The van der Waals surface area contributed by atoms with Gasteiger partial charge in [0.1, 0.15) is 0 Å². The number of aromatic amines is 1. The number of H-pyrrole nitrogens is 1. The van der Waals surface area contributed by atoms with Crippen LogP contribution < -0.4 is 4.72 Å². The van der Waals surface area contributed by atoms with Gasteiger partial charge in [0.25, 0.3) is 10.2 Å². The van der Waals surface area contributed by atoms with Crippen molar-refractivity contribution in [2.24, 2.45) is 5.92 Å². The van der Waals surface area contributed by atoms with Crippen molar-refractivity contribution in [1.82, 2.24) is 14.0 Å². The lowest BCUT2D eigenvalue weighted by Gasteiger charge is -2.30. The van der Waals surface area contributed by atoms with Crippen LogP contribution in [0.1, 0.15) is 36.8 Å². The van der Waals surface area contributed by atoms with Crippen LogP contribution in [0.3, 0.4) is 0 Å². The van der Waals surface area contributed by atoms with Crippen LogP contribution in [0, 0.1) is 5.92 Å². The Morgan fingerprint density at radius 3 is 2.50 bits per heavy atom. The van der Waals surface area contributed by atoms with Gasteiger partial charge in [0, 0.05) is 42.7 Å². The van der Waals surface area contributed by atoms with Crippen molar-refractivity contribution in [3.8, 4) is 0 Å². The minimum absolute atomic E-state index is 0.0594. The van der Waals surface area contributed by atoms with Crippen LogP contribution >= 0.6 is 0 Å². The van der Waals surface area contributed by atoms with E-state index in [1.807, 2.05) is 42.6 Å². The average molecular weight is 398 g/mol. The fraction of sp³-hybridized carbons (Fsp3) is 0.364. The third-order valence-electron chi connectivity index (χ3n) is 5.75. The summed E-state index contributed by atoms with van der Waals surface area (Å²) in [5.41, 5.74) is 3.27. The molecule has 2 heterocycles. The van der Waals surface area contributed by atoms with E-state index in [9.17, 15) is 8.42 Å². The normalized spacial score (nSPS) is 17.8. The van der Waals surface area contributed by atoms with E-state index in [1.165, 1.54) is 0 Å². The third kappa shape index (κ3) is 3.99. The summed E-state index contributed by atoms with van der Waals surface area (Å²) in [6, 6.07) is 18.2. The molecule has 4 rings (SSSR count). The molecule has 0 saturated carbocycles. The third-order valence-corrected chi connectivity index (χ3v) is 7.33. The first kappa shape index (κ1) is 19.2. The molecular weight excluding hydrogens is 370 g/mol. The van der Waals surface area contributed by atoms with Crippen molar-refractivity contribution >= 4 is 21.1 Å². The maximum Gasteiger partial charge on any atom is 0.279 e. The molecule has 0 bridgehead atoms. The fourth-order valence-electron chi connectivity index (χ4n) is 3.98. The highest BCUT2D eigenvalue weighted by molar-refractivity contribution is 7.87.